The number of aromatic carboxylic acids is 1. The molecule has 0 aliphatic heterocycles. The largest absolute Gasteiger partial charge is 0.477 e. The molecule has 0 spiro atoms. The van der Waals surface area contributed by atoms with Crippen LogP contribution in [0.3, 0.4) is 0 Å². The summed E-state index contributed by atoms with van der Waals surface area (Å²) in [6.07, 6.45) is 4.32. The third-order valence-electron chi connectivity index (χ3n) is 3.58. The number of carboxylic acids is 1. The van der Waals surface area contributed by atoms with Crippen molar-refractivity contribution < 1.29 is 14.8 Å². The van der Waals surface area contributed by atoms with Gasteiger partial charge in [-0.2, -0.15) is 0 Å². The predicted molar refractivity (Wildman–Crippen MR) is 70.6 cm³/mol. The Labute approximate surface area is 110 Å². The Morgan fingerprint density at radius 2 is 2.05 bits per heavy atom. The number of nitro benzene ring substituents is 1. The predicted octanol–water partition coefficient (Wildman–Crippen LogP) is 3.04. The first-order valence-corrected chi connectivity index (χ1v) is 6.21. The van der Waals surface area contributed by atoms with E-state index in [0.717, 1.165) is 25.7 Å². The third kappa shape index (κ3) is 2.83. The van der Waals surface area contributed by atoms with Gasteiger partial charge in [-0.1, -0.05) is 12.8 Å². The van der Waals surface area contributed by atoms with Crippen molar-refractivity contribution in [3.05, 3.63) is 33.9 Å². The average molecular weight is 264 g/mol. The number of nitrogens with one attached hydrogen (secondary N) is 1. The van der Waals surface area contributed by atoms with E-state index < -0.39 is 10.9 Å². The fraction of sp³-hybridized carbons (Fsp3) is 0.462. The first-order chi connectivity index (χ1) is 8.91. The van der Waals surface area contributed by atoms with Crippen LogP contribution in [0.5, 0.6) is 0 Å². The molecule has 102 valence electrons. The van der Waals surface area contributed by atoms with Gasteiger partial charge < -0.3 is 10.4 Å². The summed E-state index contributed by atoms with van der Waals surface area (Å²) in [5.41, 5.74) is -0.0926. The Bertz CT molecular complexity index is 521. The zero-order chi connectivity index (χ0) is 14.0. The molecule has 1 aromatic carbocycles. The summed E-state index contributed by atoms with van der Waals surface area (Å²) in [6.45, 7) is 2.09. The molecule has 6 nitrogen and oxygen atoms in total. The molecule has 6 heteroatoms. The monoisotopic (exact) mass is 264 g/mol. The van der Waals surface area contributed by atoms with Gasteiger partial charge in [-0.15, -0.1) is 0 Å². The molecule has 0 bridgehead atoms. The van der Waals surface area contributed by atoms with E-state index in [9.17, 15) is 14.9 Å². The molecule has 0 atom stereocenters. The number of rotatable bonds is 4. The molecular formula is C13H16N2O4. The Morgan fingerprint density at radius 3 is 2.58 bits per heavy atom. The summed E-state index contributed by atoms with van der Waals surface area (Å²) in [6, 6.07) is 4.14. The van der Waals surface area contributed by atoms with Crippen molar-refractivity contribution in [1.29, 1.82) is 0 Å². The first kappa shape index (κ1) is 13.3. The van der Waals surface area contributed by atoms with E-state index in [1.807, 2.05) is 0 Å². The summed E-state index contributed by atoms with van der Waals surface area (Å²) in [5, 5.41) is 23.1. The Hall–Kier alpha value is -2.11. The van der Waals surface area contributed by atoms with Crippen LogP contribution in [0, 0.1) is 10.1 Å². The van der Waals surface area contributed by atoms with Crippen molar-refractivity contribution in [2.45, 2.75) is 38.1 Å². The van der Waals surface area contributed by atoms with E-state index in [2.05, 4.69) is 12.2 Å². The van der Waals surface area contributed by atoms with Gasteiger partial charge in [0.25, 0.3) is 5.69 Å². The van der Waals surface area contributed by atoms with Gasteiger partial charge >= 0.3 is 5.97 Å². The third-order valence-corrected chi connectivity index (χ3v) is 3.58. The molecule has 0 aromatic heterocycles. The number of benzene rings is 1. The Morgan fingerprint density at radius 1 is 1.42 bits per heavy atom. The Balaban J connectivity index is 2.30. The molecule has 1 aliphatic carbocycles. The lowest BCUT2D eigenvalue weighted by Gasteiger charge is -2.26. The van der Waals surface area contributed by atoms with Crippen molar-refractivity contribution >= 4 is 17.3 Å². The summed E-state index contributed by atoms with van der Waals surface area (Å²) in [5.74, 6) is -1.29. The molecule has 1 aromatic rings. The molecule has 2 N–H and O–H groups in total. The number of nitrogens with zero attached hydrogens (tertiary/aromatic N) is 1. The lowest BCUT2D eigenvalue weighted by Crippen LogP contribution is -2.30. The minimum absolute atomic E-state index is 0.0497. The lowest BCUT2D eigenvalue weighted by atomic mass is 10.00. The zero-order valence-electron chi connectivity index (χ0n) is 10.7. The fourth-order valence-corrected chi connectivity index (χ4v) is 2.57. The van der Waals surface area contributed by atoms with Crippen molar-refractivity contribution in [3.8, 4) is 0 Å². The van der Waals surface area contributed by atoms with Crippen LogP contribution in [0.1, 0.15) is 43.0 Å². The summed E-state index contributed by atoms with van der Waals surface area (Å²) >= 11 is 0. The standard InChI is InChI=1S/C13H16N2O4/c1-13(6-2-3-7-13)14-9-4-5-11(15(18)19)10(8-9)12(16)17/h4-5,8,14H,2-3,6-7H2,1H3,(H,16,17). The number of hydrogen-bond acceptors (Lipinski definition) is 4. The van der Waals surface area contributed by atoms with Gasteiger partial charge in [0.15, 0.2) is 0 Å². The van der Waals surface area contributed by atoms with Gasteiger partial charge in [-0.25, -0.2) is 4.79 Å². The van der Waals surface area contributed by atoms with Crippen LogP contribution in [-0.2, 0) is 0 Å². The molecule has 0 saturated heterocycles. The van der Waals surface area contributed by atoms with Crippen LogP contribution >= 0.6 is 0 Å². The topological polar surface area (TPSA) is 92.5 Å². The molecule has 0 heterocycles. The molecule has 1 aliphatic rings. The molecule has 1 fully saturated rings. The van der Waals surface area contributed by atoms with Crippen LogP contribution in [0.2, 0.25) is 0 Å². The molecule has 2 rings (SSSR count). The number of hydrogen-bond donors (Lipinski definition) is 2. The van der Waals surface area contributed by atoms with Gasteiger partial charge in [-0.3, -0.25) is 10.1 Å². The van der Waals surface area contributed by atoms with Gasteiger partial charge in [0.2, 0.25) is 0 Å². The van der Waals surface area contributed by atoms with E-state index >= 15 is 0 Å². The highest BCUT2D eigenvalue weighted by molar-refractivity contribution is 5.93. The SMILES string of the molecule is CC1(Nc2ccc([N+](=O)[O-])c(C(=O)O)c2)CCCC1. The van der Waals surface area contributed by atoms with Crippen molar-refractivity contribution in [3.63, 3.8) is 0 Å². The van der Waals surface area contributed by atoms with Crippen LogP contribution in [0.4, 0.5) is 11.4 Å². The van der Waals surface area contributed by atoms with E-state index in [-0.39, 0.29) is 16.8 Å². The maximum atomic E-state index is 11.1. The second-order valence-electron chi connectivity index (χ2n) is 5.19. The highest BCUT2D eigenvalue weighted by atomic mass is 16.6. The van der Waals surface area contributed by atoms with E-state index in [1.54, 1.807) is 6.07 Å². The molecule has 0 radical (unpaired) electrons. The van der Waals surface area contributed by atoms with Gasteiger partial charge in [-0.05, 0) is 31.9 Å². The Kier molecular flexibility index (Phi) is 3.42. The second kappa shape index (κ2) is 4.87. The molecule has 19 heavy (non-hydrogen) atoms. The minimum atomic E-state index is -1.29. The number of carbonyl (C=O) groups is 1. The van der Waals surface area contributed by atoms with Crippen LogP contribution in [0.25, 0.3) is 0 Å². The van der Waals surface area contributed by atoms with Crippen LogP contribution in [-0.4, -0.2) is 21.5 Å². The van der Waals surface area contributed by atoms with Crippen molar-refractivity contribution in [1.82, 2.24) is 0 Å². The number of nitro groups is 1. The second-order valence-corrected chi connectivity index (χ2v) is 5.19. The number of carboxylic acid groups (broad SMARTS) is 1. The average Bonchev–Trinajstić information content (AvgIpc) is 2.75. The van der Waals surface area contributed by atoms with E-state index in [4.69, 9.17) is 5.11 Å². The normalized spacial score (nSPS) is 17.1. The highest BCUT2D eigenvalue weighted by Gasteiger charge is 2.29. The molecule has 1 saturated carbocycles. The van der Waals surface area contributed by atoms with Gasteiger partial charge in [0.1, 0.15) is 5.56 Å². The van der Waals surface area contributed by atoms with Gasteiger partial charge in [0.05, 0.1) is 4.92 Å². The number of anilines is 1. The lowest BCUT2D eigenvalue weighted by molar-refractivity contribution is -0.385. The van der Waals surface area contributed by atoms with Crippen molar-refractivity contribution in [2.24, 2.45) is 0 Å². The maximum Gasteiger partial charge on any atom is 0.342 e. The smallest absolute Gasteiger partial charge is 0.342 e. The summed E-state index contributed by atoms with van der Waals surface area (Å²) in [7, 11) is 0. The van der Waals surface area contributed by atoms with Crippen molar-refractivity contribution in [2.75, 3.05) is 5.32 Å². The molecular weight excluding hydrogens is 248 g/mol. The quantitative estimate of drug-likeness (QED) is 0.644. The first-order valence-electron chi connectivity index (χ1n) is 6.21. The molecule has 0 unspecified atom stereocenters. The van der Waals surface area contributed by atoms with Crippen LogP contribution in [0.15, 0.2) is 18.2 Å². The maximum absolute atomic E-state index is 11.1. The van der Waals surface area contributed by atoms with Gasteiger partial charge in [0, 0.05) is 17.3 Å². The molecule has 0 amide bonds. The van der Waals surface area contributed by atoms with E-state index in [0.29, 0.717) is 5.69 Å². The highest BCUT2D eigenvalue weighted by Crippen LogP contribution is 2.33. The summed E-state index contributed by atoms with van der Waals surface area (Å²) < 4.78 is 0. The zero-order valence-corrected chi connectivity index (χ0v) is 10.7. The minimum Gasteiger partial charge on any atom is -0.477 e. The summed E-state index contributed by atoms with van der Waals surface area (Å²) in [4.78, 5) is 21.2. The fourth-order valence-electron chi connectivity index (χ4n) is 2.57. The van der Waals surface area contributed by atoms with Crippen LogP contribution < -0.4 is 5.32 Å². The van der Waals surface area contributed by atoms with E-state index in [1.165, 1.54) is 12.1 Å².